The van der Waals surface area contributed by atoms with E-state index in [2.05, 4.69) is 29.6 Å². The Morgan fingerprint density at radius 2 is 2.50 bits per heavy atom. The maximum atomic E-state index is 5.45. The van der Waals surface area contributed by atoms with Crippen molar-refractivity contribution in [2.24, 2.45) is 5.92 Å². The van der Waals surface area contributed by atoms with Crippen LogP contribution in [0.3, 0.4) is 0 Å². The summed E-state index contributed by atoms with van der Waals surface area (Å²) in [7, 11) is 0. The van der Waals surface area contributed by atoms with Crippen molar-refractivity contribution in [2.45, 2.75) is 12.5 Å². The third-order valence-electron chi connectivity index (χ3n) is 2.80. The minimum atomic E-state index is 0.459. The Hall–Kier alpha value is -1.02. The van der Waals surface area contributed by atoms with Crippen LogP contribution in [0.1, 0.15) is 6.42 Å². The number of hydrogen-bond donors (Lipinski definition) is 1. The van der Waals surface area contributed by atoms with Gasteiger partial charge in [-0.15, -0.1) is 0 Å². The van der Waals surface area contributed by atoms with Crippen molar-refractivity contribution in [3.8, 4) is 0 Å². The van der Waals surface area contributed by atoms with Gasteiger partial charge in [-0.3, -0.25) is 5.32 Å². The van der Waals surface area contributed by atoms with E-state index in [4.69, 9.17) is 4.74 Å². The van der Waals surface area contributed by atoms with Crippen LogP contribution in [0, 0.1) is 5.92 Å². The highest BCUT2D eigenvalue weighted by Gasteiger charge is 2.37. The van der Waals surface area contributed by atoms with Crippen LogP contribution in [0.15, 0.2) is 35.6 Å². The molecule has 0 radical (unpaired) electrons. The molecule has 2 unspecified atom stereocenters. The van der Waals surface area contributed by atoms with Gasteiger partial charge in [-0.05, 0) is 18.1 Å². The van der Waals surface area contributed by atoms with E-state index in [-0.39, 0.29) is 0 Å². The number of hydrogen-bond acceptors (Lipinski definition) is 2. The predicted molar refractivity (Wildman–Crippen MR) is 46.3 cm³/mol. The van der Waals surface area contributed by atoms with Crippen molar-refractivity contribution in [2.75, 3.05) is 6.73 Å². The van der Waals surface area contributed by atoms with Gasteiger partial charge in [0.1, 0.15) is 12.5 Å². The molecule has 2 heteroatoms. The van der Waals surface area contributed by atoms with Gasteiger partial charge in [0, 0.05) is 5.92 Å². The zero-order chi connectivity index (χ0) is 7.97. The van der Waals surface area contributed by atoms with Gasteiger partial charge in [0.25, 0.3) is 0 Å². The second-order valence-corrected chi connectivity index (χ2v) is 3.45. The summed E-state index contributed by atoms with van der Waals surface area (Å²) in [6, 6.07) is 0.459. The first kappa shape index (κ1) is 6.49. The lowest BCUT2D eigenvalue weighted by Gasteiger charge is -2.18. The topological polar surface area (TPSA) is 21.3 Å². The summed E-state index contributed by atoms with van der Waals surface area (Å²) in [4.78, 5) is 0. The molecule has 0 aromatic heterocycles. The van der Waals surface area contributed by atoms with Crippen LogP contribution in [-0.4, -0.2) is 12.8 Å². The second kappa shape index (κ2) is 2.23. The van der Waals surface area contributed by atoms with Crippen molar-refractivity contribution < 1.29 is 4.74 Å². The van der Waals surface area contributed by atoms with E-state index in [1.54, 1.807) is 0 Å². The van der Waals surface area contributed by atoms with Crippen molar-refractivity contribution >= 4 is 0 Å². The van der Waals surface area contributed by atoms with Crippen LogP contribution >= 0.6 is 0 Å². The van der Waals surface area contributed by atoms with E-state index in [1.165, 1.54) is 5.57 Å². The Kier molecular flexibility index (Phi) is 1.21. The van der Waals surface area contributed by atoms with Crippen LogP contribution in [0.5, 0.6) is 0 Å². The van der Waals surface area contributed by atoms with Gasteiger partial charge >= 0.3 is 0 Å². The second-order valence-electron chi connectivity index (χ2n) is 3.45. The maximum Gasteiger partial charge on any atom is 0.139 e. The molecule has 2 atom stereocenters. The number of allylic oxidation sites excluding steroid dienone is 4. The van der Waals surface area contributed by atoms with Crippen molar-refractivity contribution in [3.63, 3.8) is 0 Å². The normalized spacial score (nSPS) is 36.7. The van der Waals surface area contributed by atoms with Crippen LogP contribution < -0.4 is 5.32 Å². The Labute approximate surface area is 71.6 Å². The van der Waals surface area contributed by atoms with Crippen molar-refractivity contribution in [3.05, 3.63) is 35.6 Å². The molecule has 62 valence electrons. The first-order valence-corrected chi connectivity index (χ1v) is 4.39. The van der Waals surface area contributed by atoms with E-state index in [1.807, 2.05) is 0 Å². The van der Waals surface area contributed by atoms with Crippen LogP contribution in [0.4, 0.5) is 0 Å². The van der Waals surface area contributed by atoms with Gasteiger partial charge in [-0.2, -0.15) is 0 Å². The molecule has 0 spiro atoms. The molecule has 0 bridgehead atoms. The smallest absolute Gasteiger partial charge is 0.139 e. The molecule has 1 fully saturated rings. The molecule has 1 saturated heterocycles. The minimum absolute atomic E-state index is 0.459. The third-order valence-corrected chi connectivity index (χ3v) is 2.80. The van der Waals surface area contributed by atoms with Crippen molar-refractivity contribution in [1.29, 1.82) is 0 Å². The SMILES string of the molecule is C1=CCC2C(=C1)C=C1OCNC12. The molecule has 12 heavy (non-hydrogen) atoms. The number of fused-ring (bicyclic) bond motifs is 3. The van der Waals surface area contributed by atoms with Gasteiger partial charge < -0.3 is 4.74 Å². The summed E-state index contributed by atoms with van der Waals surface area (Å²) in [5.41, 5.74) is 1.42. The summed E-state index contributed by atoms with van der Waals surface area (Å²) in [5.74, 6) is 1.77. The average molecular weight is 161 g/mol. The minimum Gasteiger partial charge on any atom is -0.481 e. The summed E-state index contributed by atoms with van der Waals surface area (Å²) in [5, 5.41) is 3.35. The van der Waals surface area contributed by atoms with E-state index in [0.717, 1.165) is 12.2 Å². The van der Waals surface area contributed by atoms with E-state index in [9.17, 15) is 0 Å². The zero-order valence-electron chi connectivity index (χ0n) is 6.79. The standard InChI is InChI=1S/C10H11NO/c1-2-4-8-7(3-1)5-9-10(8)11-6-12-9/h1-3,5,8,10-11H,4,6H2. The molecule has 0 amide bonds. The summed E-state index contributed by atoms with van der Waals surface area (Å²) >= 11 is 0. The van der Waals surface area contributed by atoms with Crippen LogP contribution in [0.25, 0.3) is 0 Å². The molecule has 1 heterocycles. The first-order valence-electron chi connectivity index (χ1n) is 4.39. The molecule has 2 nitrogen and oxygen atoms in total. The fraction of sp³-hybridized carbons (Fsp3) is 0.400. The molecular weight excluding hydrogens is 150 g/mol. The fourth-order valence-electron chi connectivity index (χ4n) is 2.19. The molecule has 0 aromatic carbocycles. The van der Waals surface area contributed by atoms with E-state index in [0.29, 0.717) is 18.7 Å². The largest absolute Gasteiger partial charge is 0.481 e. The molecule has 1 N–H and O–H groups in total. The maximum absolute atomic E-state index is 5.45. The first-order chi connectivity index (χ1) is 5.95. The third kappa shape index (κ3) is 0.730. The molecule has 3 aliphatic rings. The quantitative estimate of drug-likeness (QED) is 0.578. The average Bonchev–Trinajstić information content (AvgIpc) is 2.62. The van der Waals surface area contributed by atoms with Crippen molar-refractivity contribution in [1.82, 2.24) is 5.32 Å². The molecule has 0 aromatic rings. The molecular formula is C10H11NO. The molecule has 1 aliphatic heterocycles. The van der Waals surface area contributed by atoms with Crippen LogP contribution in [0.2, 0.25) is 0 Å². The Morgan fingerprint density at radius 3 is 3.50 bits per heavy atom. The highest BCUT2D eigenvalue weighted by Crippen LogP contribution is 2.37. The summed E-state index contributed by atoms with van der Waals surface area (Å²) < 4.78 is 5.45. The monoisotopic (exact) mass is 161 g/mol. The van der Waals surface area contributed by atoms with Crippen LogP contribution in [-0.2, 0) is 4.74 Å². The van der Waals surface area contributed by atoms with Gasteiger partial charge in [-0.1, -0.05) is 18.2 Å². The highest BCUT2D eigenvalue weighted by atomic mass is 16.5. The Morgan fingerprint density at radius 1 is 1.50 bits per heavy atom. The number of nitrogens with one attached hydrogen (secondary N) is 1. The Balaban J connectivity index is 2.02. The predicted octanol–water partition coefficient (Wildman–Crippen LogP) is 1.33. The molecule has 2 aliphatic carbocycles. The number of ether oxygens (including phenoxy) is 1. The summed E-state index contributed by atoms with van der Waals surface area (Å²) in [6.07, 6.45) is 9.87. The lowest BCUT2D eigenvalue weighted by atomic mass is 9.91. The Bertz CT molecular complexity index is 301. The van der Waals surface area contributed by atoms with Gasteiger partial charge in [-0.25, -0.2) is 0 Å². The van der Waals surface area contributed by atoms with E-state index >= 15 is 0 Å². The zero-order valence-corrected chi connectivity index (χ0v) is 6.79. The molecule has 3 rings (SSSR count). The number of rotatable bonds is 0. The van der Waals surface area contributed by atoms with Gasteiger partial charge in [0.05, 0.1) is 6.04 Å². The molecule has 0 saturated carbocycles. The van der Waals surface area contributed by atoms with E-state index < -0.39 is 0 Å². The van der Waals surface area contributed by atoms with Gasteiger partial charge in [0.15, 0.2) is 0 Å². The highest BCUT2D eigenvalue weighted by molar-refractivity contribution is 5.41. The lowest BCUT2D eigenvalue weighted by Crippen LogP contribution is -2.29. The van der Waals surface area contributed by atoms with Gasteiger partial charge in [0.2, 0.25) is 0 Å². The summed E-state index contributed by atoms with van der Waals surface area (Å²) in [6.45, 7) is 0.685. The lowest BCUT2D eigenvalue weighted by molar-refractivity contribution is 0.254. The fourth-order valence-corrected chi connectivity index (χ4v) is 2.19.